The highest BCUT2D eigenvalue weighted by molar-refractivity contribution is 5.96. The monoisotopic (exact) mass is 445 g/mol. The third-order valence-electron chi connectivity index (χ3n) is 4.44. The summed E-state index contributed by atoms with van der Waals surface area (Å²) in [5.74, 6) is -5.03. The van der Waals surface area contributed by atoms with Crippen LogP contribution in [-0.4, -0.2) is 70.1 Å². The summed E-state index contributed by atoms with van der Waals surface area (Å²) in [5, 5.41) is 26.1. The molecule has 9 N–H and O–H groups in total. The first-order chi connectivity index (χ1) is 14.2. The van der Waals surface area contributed by atoms with Crippen molar-refractivity contribution in [3.63, 3.8) is 0 Å². The Bertz CT molecular complexity index is 666. The summed E-state index contributed by atoms with van der Waals surface area (Å²) >= 11 is 0. The SMILES string of the molecule is CC(C)CC(NC(=O)C(NC(=O)C(CC(N)=O)NC(=O)C(N)C(C)C)C(C)O)C(=O)O. The van der Waals surface area contributed by atoms with Crippen LogP contribution in [0.2, 0.25) is 0 Å². The van der Waals surface area contributed by atoms with Crippen LogP contribution in [0.15, 0.2) is 0 Å². The van der Waals surface area contributed by atoms with Crippen molar-refractivity contribution in [3.8, 4) is 0 Å². The van der Waals surface area contributed by atoms with Crippen molar-refractivity contribution in [1.82, 2.24) is 16.0 Å². The Morgan fingerprint density at radius 3 is 1.74 bits per heavy atom. The molecule has 0 aliphatic carbocycles. The number of aliphatic hydroxyl groups is 1. The number of nitrogens with two attached hydrogens (primary N) is 2. The van der Waals surface area contributed by atoms with Crippen LogP contribution in [0.1, 0.15) is 47.5 Å². The van der Waals surface area contributed by atoms with E-state index < -0.39 is 66.3 Å². The van der Waals surface area contributed by atoms with Crippen molar-refractivity contribution in [1.29, 1.82) is 0 Å². The fourth-order valence-electron chi connectivity index (χ4n) is 2.59. The molecule has 31 heavy (non-hydrogen) atoms. The second kappa shape index (κ2) is 12.8. The molecule has 0 aliphatic heterocycles. The highest BCUT2D eigenvalue weighted by Gasteiger charge is 2.33. The van der Waals surface area contributed by atoms with Crippen LogP contribution in [0.5, 0.6) is 0 Å². The van der Waals surface area contributed by atoms with E-state index in [9.17, 15) is 34.2 Å². The fourth-order valence-corrected chi connectivity index (χ4v) is 2.59. The maximum Gasteiger partial charge on any atom is 0.326 e. The van der Waals surface area contributed by atoms with Crippen LogP contribution in [0, 0.1) is 11.8 Å². The third-order valence-corrected chi connectivity index (χ3v) is 4.44. The molecule has 0 saturated heterocycles. The zero-order valence-corrected chi connectivity index (χ0v) is 18.5. The standard InChI is InChI=1S/C19H35N5O7/c1-8(2)6-12(19(30)31)23-18(29)15(10(5)25)24-16(27)11(7-13(20)26)22-17(28)14(21)9(3)4/h8-12,14-15,25H,6-7,21H2,1-5H3,(H2,20,26)(H,22,28)(H,23,29)(H,24,27)(H,30,31). The first-order valence-corrected chi connectivity index (χ1v) is 10.0. The fraction of sp³-hybridized carbons (Fsp3) is 0.737. The normalized spacial score (nSPS) is 16.0. The minimum Gasteiger partial charge on any atom is -0.480 e. The predicted octanol–water partition coefficient (Wildman–Crippen LogP) is -2.19. The van der Waals surface area contributed by atoms with Gasteiger partial charge in [-0.15, -0.1) is 0 Å². The molecule has 0 spiro atoms. The van der Waals surface area contributed by atoms with Crippen molar-refractivity contribution >= 4 is 29.6 Å². The molecule has 0 aromatic rings. The third kappa shape index (κ3) is 10.2. The highest BCUT2D eigenvalue weighted by atomic mass is 16.4. The molecular weight excluding hydrogens is 410 g/mol. The number of primary amides is 1. The van der Waals surface area contributed by atoms with Crippen molar-refractivity contribution in [2.75, 3.05) is 0 Å². The van der Waals surface area contributed by atoms with Gasteiger partial charge in [0.25, 0.3) is 0 Å². The van der Waals surface area contributed by atoms with Gasteiger partial charge in [0.15, 0.2) is 0 Å². The second-order valence-electron chi connectivity index (χ2n) is 8.26. The van der Waals surface area contributed by atoms with Crippen LogP contribution in [-0.2, 0) is 24.0 Å². The van der Waals surface area contributed by atoms with Gasteiger partial charge in [-0.2, -0.15) is 0 Å². The van der Waals surface area contributed by atoms with E-state index >= 15 is 0 Å². The van der Waals surface area contributed by atoms with Crippen LogP contribution in [0.4, 0.5) is 0 Å². The first kappa shape index (κ1) is 28.3. The molecule has 0 bridgehead atoms. The molecule has 0 fully saturated rings. The summed E-state index contributed by atoms with van der Waals surface area (Å²) in [5.41, 5.74) is 10.9. The summed E-state index contributed by atoms with van der Waals surface area (Å²) < 4.78 is 0. The number of aliphatic hydroxyl groups excluding tert-OH is 1. The van der Waals surface area contributed by atoms with Crippen LogP contribution < -0.4 is 27.4 Å². The summed E-state index contributed by atoms with van der Waals surface area (Å²) in [4.78, 5) is 60.1. The van der Waals surface area contributed by atoms with Gasteiger partial charge in [0.05, 0.1) is 18.6 Å². The molecule has 12 heteroatoms. The number of carboxylic acids is 1. The second-order valence-corrected chi connectivity index (χ2v) is 8.26. The van der Waals surface area contributed by atoms with Crippen LogP contribution in [0.25, 0.3) is 0 Å². The van der Waals surface area contributed by atoms with E-state index in [1.807, 2.05) is 0 Å². The van der Waals surface area contributed by atoms with Crippen LogP contribution in [0.3, 0.4) is 0 Å². The lowest BCUT2D eigenvalue weighted by Gasteiger charge is -2.26. The molecule has 0 heterocycles. The Kier molecular flexibility index (Phi) is 11.7. The van der Waals surface area contributed by atoms with Gasteiger partial charge in [-0.1, -0.05) is 27.7 Å². The molecule has 12 nitrogen and oxygen atoms in total. The molecule has 0 aromatic heterocycles. The average molecular weight is 446 g/mol. The number of rotatable bonds is 13. The molecule has 0 rings (SSSR count). The molecular formula is C19H35N5O7. The summed E-state index contributed by atoms with van der Waals surface area (Å²) in [6.45, 7) is 8.15. The van der Waals surface area contributed by atoms with Gasteiger partial charge in [0.1, 0.15) is 18.1 Å². The molecule has 4 amide bonds. The molecule has 0 saturated carbocycles. The Morgan fingerprint density at radius 1 is 0.839 bits per heavy atom. The van der Waals surface area contributed by atoms with Gasteiger partial charge in [-0.05, 0) is 25.2 Å². The molecule has 0 radical (unpaired) electrons. The van der Waals surface area contributed by atoms with E-state index in [0.29, 0.717) is 0 Å². The summed E-state index contributed by atoms with van der Waals surface area (Å²) in [6.07, 6.45) is -1.84. The van der Waals surface area contributed by atoms with Crippen molar-refractivity contribution in [2.24, 2.45) is 23.3 Å². The minimum atomic E-state index is -1.53. The van der Waals surface area contributed by atoms with Gasteiger partial charge in [-0.3, -0.25) is 19.2 Å². The van der Waals surface area contributed by atoms with Gasteiger partial charge in [-0.25, -0.2) is 4.79 Å². The van der Waals surface area contributed by atoms with Gasteiger partial charge in [0.2, 0.25) is 23.6 Å². The maximum absolute atomic E-state index is 12.6. The molecule has 0 aromatic carbocycles. The molecule has 0 aliphatic rings. The Labute approximate surface area is 181 Å². The van der Waals surface area contributed by atoms with Gasteiger partial charge >= 0.3 is 5.97 Å². The number of hydrogen-bond donors (Lipinski definition) is 7. The van der Waals surface area contributed by atoms with Gasteiger partial charge in [0, 0.05) is 0 Å². The highest BCUT2D eigenvalue weighted by Crippen LogP contribution is 2.07. The Morgan fingerprint density at radius 2 is 1.35 bits per heavy atom. The lowest BCUT2D eigenvalue weighted by atomic mass is 10.0. The zero-order valence-electron chi connectivity index (χ0n) is 18.5. The van der Waals surface area contributed by atoms with E-state index in [4.69, 9.17) is 11.5 Å². The Hall–Kier alpha value is -2.73. The van der Waals surface area contributed by atoms with Crippen molar-refractivity contribution in [2.45, 2.75) is 77.7 Å². The smallest absolute Gasteiger partial charge is 0.326 e. The first-order valence-electron chi connectivity index (χ1n) is 10.0. The lowest BCUT2D eigenvalue weighted by Crippen LogP contribution is -2.60. The van der Waals surface area contributed by atoms with E-state index in [1.165, 1.54) is 6.92 Å². The molecule has 5 unspecified atom stereocenters. The minimum absolute atomic E-state index is 0.0404. The predicted molar refractivity (Wildman–Crippen MR) is 111 cm³/mol. The zero-order chi connectivity index (χ0) is 24.5. The number of amides is 4. The van der Waals surface area contributed by atoms with Gasteiger partial charge < -0.3 is 37.6 Å². The van der Waals surface area contributed by atoms with Crippen molar-refractivity contribution in [3.05, 3.63) is 0 Å². The van der Waals surface area contributed by atoms with E-state index in [1.54, 1.807) is 27.7 Å². The van der Waals surface area contributed by atoms with E-state index in [-0.39, 0.29) is 18.3 Å². The van der Waals surface area contributed by atoms with Crippen LogP contribution >= 0.6 is 0 Å². The number of carboxylic acid groups (broad SMARTS) is 1. The Balaban J connectivity index is 5.46. The number of hydrogen-bond acceptors (Lipinski definition) is 7. The largest absolute Gasteiger partial charge is 0.480 e. The number of carbonyl (C=O) groups is 5. The topological polar surface area (TPSA) is 214 Å². The van der Waals surface area contributed by atoms with E-state index in [0.717, 1.165) is 0 Å². The number of nitrogens with one attached hydrogen (secondary N) is 3. The average Bonchev–Trinajstić information content (AvgIpc) is 2.62. The molecule has 178 valence electrons. The number of carbonyl (C=O) groups excluding carboxylic acids is 4. The van der Waals surface area contributed by atoms with Crippen molar-refractivity contribution < 1.29 is 34.2 Å². The lowest BCUT2D eigenvalue weighted by molar-refractivity contribution is -0.143. The summed E-state index contributed by atoms with van der Waals surface area (Å²) in [6, 6.07) is -5.15. The number of aliphatic carboxylic acids is 1. The summed E-state index contributed by atoms with van der Waals surface area (Å²) in [7, 11) is 0. The maximum atomic E-state index is 12.6. The molecule has 5 atom stereocenters. The van der Waals surface area contributed by atoms with E-state index in [2.05, 4.69) is 16.0 Å². The quantitative estimate of drug-likeness (QED) is 0.165.